The van der Waals surface area contributed by atoms with Gasteiger partial charge in [0.1, 0.15) is 0 Å². The Morgan fingerprint density at radius 1 is 1.17 bits per heavy atom. The fourth-order valence-electron chi connectivity index (χ4n) is 2.73. The molecule has 1 aliphatic rings. The number of hydrogen-bond acceptors (Lipinski definition) is 2. The van der Waals surface area contributed by atoms with Gasteiger partial charge in [0.25, 0.3) is 0 Å². The van der Waals surface area contributed by atoms with Crippen molar-refractivity contribution < 1.29 is 9.59 Å². The third kappa shape index (κ3) is 3.40. The minimum absolute atomic E-state index is 0.0692. The van der Waals surface area contributed by atoms with Gasteiger partial charge in [-0.15, -0.1) is 0 Å². The summed E-state index contributed by atoms with van der Waals surface area (Å²) in [5.41, 5.74) is 2.23. The van der Waals surface area contributed by atoms with E-state index in [1.165, 1.54) is 0 Å². The number of carbonyl (C=O) groups excluding carboxylic acids is 2. The molecule has 3 rings (SSSR count). The summed E-state index contributed by atoms with van der Waals surface area (Å²) in [5.74, 6) is -0.642. The monoisotopic (exact) mass is 362 g/mol. The minimum Gasteiger partial charge on any atom is -0.325 e. The van der Waals surface area contributed by atoms with Crippen LogP contribution in [-0.4, -0.2) is 18.4 Å². The number of benzene rings is 2. The molecule has 1 aliphatic heterocycles. The fourth-order valence-corrected chi connectivity index (χ4v) is 3.03. The van der Waals surface area contributed by atoms with Crippen LogP contribution in [0.4, 0.5) is 11.4 Å². The van der Waals surface area contributed by atoms with Gasteiger partial charge in [-0.25, -0.2) is 0 Å². The molecule has 2 aromatic rings. The second-order valence-electron chi connectivity index (χ2n) is 5.78. The average molecular weight is 363 g/mol. The number of halogens is 2. The number of hydrogen-bond donors (Lipinski definition) is 1. The fraction of sp³-hybridized carbons (Fsp3) is 0.222. The smallest absolute Gasteiger partial charge is 0.229 e. The molecule has 0 saturated carbocycles. The van der Waals surface area contributed by atoms with Crippen molar-refractivity contribution >= 4 is 46.4 Å². The zero-order valence-electron chi connectivity index (χ0n) is 13.1. The standard InChI is InChI=1S/C18H16Cl2N2O2/c1-11-15(20)3-2-4-16(11)21-18(24)12-9-17(23)22(10-12)14-7-5-13(19)6-8-14/h2-8,12H,9-10H2,1H3,(H,21,24)/t12-/m0/s1. The quantitative estimate of drug-likeness (QED) is 0.884. The Hall–Kier alpha value is -2.04. The van der Waals surface area contributed by atoms with Gasteiger partial charge < -0.3 is 10.2 Å². The first-order chi connectivity index (χ1) is 11.5. The summed E-state index contributed by atoms with van der Waals surface area (Å²) in [7, 11) is 0. The van der Waals surface area contributed by atoms with Gasteiger partial charge in [0.15, 0.2) is 0 Å². The summed E-state index contributed by atoms with van der Waals surface area (Å²) < 4.78 is 0. The highest BCUT2D eigenvalue weighted by Crippen LogP contribution is 2.28. The maximum atomic E-state index is 12.5. The van der Waals surface area contributed by atoms with Crippen LogP contribution in [0.5, 0.6) is 0 Å². The van der Waals surface area contributed by atoms with Crippen LogP contribution in [0.3, 0.4) is 0 Å². The predicted octanol–water partition coefficient (Wildman–Crippen LogP) is 4.29. The molecule has 0 radical (unpaired) electrons. The van der Waals surface area contributed by atoms with E-state index in [0.29, 0.717) is 22.3 Å². The van der Waals surface area contributed by atoms with Gasteiger partial charge in [0.05, 0.1) is 5.92 Å². The molecule has 24 heavy (non-hydrogen) atoms. The summed E-state index contributed by atoms with van der Waals surface area (Å²) in [5, 5.41) is 4.07. The molecule has 2 aromatic carbocycles. The van der Waals surface area contributed by atoms with Crippen LogP contribution >= 0.6 is 23.2 Å². The Morgan fingerprint density at radius 3 is 2.58 bits per heavy atom. The van der Waals surface area contributed by atoms with Crippen LogP contribution < -0.4 is 10.2 Å². The molecule has 1 heterocycles. The van der Waals surface area contributed by atoms with Crippen molar-refractivity contribution in [2.24, 2.45) is 5.92 Å². The highest BCUT2D eigenvalue weighted by molar-refractivity contribution is 6.31. The molecule has 124 valence electrons. The third-order valence-electron chi connectivity index (χ3n) is 4.16. The van der Waals surface area contributed by atoms with Crippen molar-refractivity contribution in [1.82, 2.24) is 0 Å². The molecule has 2 amide bonds. The highest BCUT2D eigenvalue weighted by atomic mass is 35.5. The van der Waals surface area contributed by atoms with Gasteiger partial charge in [-0.2, -0.15) is 0 Å². The topological polar surface area (TPSA) is 49.4 Å². The lowest BCUT2D eigenvalue weighted by Crippen LogP contribution is -2.28. The lowest BCUT2D eigenvalue weighted by molar-refractivity contribution is -0.122. The third-order valence-corrected chi connectivity index (χ3v) is 4.82. The normalized spacial score (nSPS) is 17.2. The van der Waals surface area contributed by atoms with E-state index in [1.807, 2.05) is 6.92 Å². The number of carbonyl (C=O) groups is 2. The van der Waals surface area contributed by atoms with Crippen LogP contribution in [0, 0.1) is 12.8 Å². The molecular formula is C18H16Cl2N2O2. The SMILES string of the molecule is Cc1c(Cl)cccc1NC(=O)[C@H]1CC(=O)N(c2ccc(Cl)cc2)C1. The Kier molecular flexibility index (Phi) is 4.78. The maximum absolute atomic E-state index is 12.5. The molecule has 6 heteroatoms. The van der Waals surface area contributed by atoms with Crippen LogP contribution in [0.15, 0.2) is 42.5 Å². The van der Waals surface area contributed by atoms with E-state index >= 15 is 0 Å². The van der Waals surface area contributed by atoms with Crippen molar-refractivity contribution in [3.8, 4) is 0 Å². The van der Waals surface area contributed by atoms with Gasteiger partial charge in [-0.05, 0) is 48.9 Å². The zero-order chi connectivity index (χ0) is 17.3. The van der Waals surface area contributed by atoms with Crippen LogP contribution in [0.1, 0.15) is 12.0 Å². The van der Waals surface area contributed by atoms with Crippen LogP contribution in [0.2, 0.25) is 10.0 Å². The number of amides is 2. The second-order valence-corrected chi connectivity index (χ2v) is 6.63. The number of nitrogens with zero attached hydrogens (tertiary/aromatic N) is 1. The molecular weight excluding hydrogens is 347 g/mol. The van der Waals surface area contributed by atoms with Crippen molar-refractivity contribution in [2.45, 2.75) is 13.3 Å². The number of nitrogens with one attached hydrogen (secondary N) is 1. The molecule has 4 nitrogen and oxygen atoms in total. The summed E-state index contributed by atoms with van der Waals surface area (Å²) in [6.07, 6.45) is 0.189. The van der Waals surface area contributed by atoms with Gasteiger partial charge in [-0.3, -0.25) is 9.59 Å². The lowest BCUT2D eigenvalue weighted by Gasteiger charge is -2.17. The first-order valence-corrected chi connectivity index (χ1v) is 8.33. The van der Waals surface area contributed by atoms with E-state index in [2.05, 4.69) is 5.32 Å². The Bertz CT molecular complexity index is 790. The molecule has 0 aromatic heterocycles. The van der Waals surface area contributed by atoms with Crippen LogP contribution in [-0.2, 0) is 9.59 Å². The average Bonchev–Trinajstić information content (AvgIpc) is 2.94. The maximum Gasteiger partial charge on any atom is 0.229 e. The second kappa shape index (κ2) is 6.83. The molecule has 0 aliphatic carbocycles. The molecule has 0 bridgehead atoms. The van der Waals surface area contributed by atoms with Gasteiger partial charge >= 0.3 is 0 Å². The first-order valence-electron chi connectivity index (χ1n) is 7.57. The van der Waals surface area contributed by atoms with E-state index < -0.39 is 5.92 Å². The highest BCUT2D eigenvalue weighted by Gasteiger charge is 2.35. The van der Waals surface area contributed by atoms with E-state index in [1.54, 1.807) is 47.4 Å². The Labute approximate surface area is 150 Å². The Balaban J connectivity index is 1.72. The molecule has 1 N–H and O–H groups in total. The summed E-state index contributed by atoms with van der Waals surface area (Å²) >= 11 is 11.9. The molecule has 0 spiro atoms. The largest absolute Gasteiger partial charge is 0.325 e. The van der Waals surface area contributed by atoms with Gasteiger partial charge in [-0.1, -0.05) is 29.3 Å². The van der Waals surface area contributed by atoms with E-state index in [-0.39, 0.29) is 18.2 Å². The molecule has 0 unspecified atom stereocenters. The minimum atomic E-state index is -0.397. The predicted molar refractivity (Wildman–Crippen MR) is 96.7 cm³/mol. The van der Waals surface area contributed by atoms with E-state index in [0.717, 1.165) is 11.3 Å². The first kappa shape index (κ1) is 16.8. The van der Waals surface area contributed by atoms with E-state index in [4.69, 9.17) is 23.2 Å². The van der Waals surface area contributed by atoms with Crippen LogP contribution in [0.25, 0.3) is 0 Å². The van der Waals surface area contributed by atoms with Crippen molar-refractivity contribution in [1.29, 1.82) is 0 Å². The van der Waals surface area contributed by atoms with Crippen molar-refractivity contribution in [3.63, 3.8) is 0 Å². The Morgan fingerprint density at radius 2 is 1.88 bits per heavy atom. The molecule has 1 atom stereocenters. The summed E-state index contributed by atoms with van der Waals surface area (Å²) in [6.45, 7) is 2.20. The number of rotatable bonds is 3. The number of anilines is 2. The zero-order valence-corrected chi connectivity index (χ0v) is 14.6. The van der Waals surface area contributed by atoms with Gasteiger partial charge in [0, 0.05) is 34.4 Å². The van der Waals surface area contributed by atoms with Crippen molar-refractivity contribution in [2.75, 3.05) is 16.8 Å². The van der Waals surface area contributed by atoms with E-state index in [9.17, 15) is 9.59 Å². The molecule has 1 saturated heterocycles. The lowest BCUT2D eigenvalue weighted by atomic mass is 10.1. The summed E-state index contributed by atoms with van der Waals surface area (Å²) in [6, 6.07) is 12.4. The summed E-state index contributed by atoms with van der Waals surface area (Å²) in [4.78, 5) is 26.4. The molecule has 1 fully saturated rings. The van der Waals surface area contributed by atoms with Crippen molar-refractivity contribution in [3.05, 3.63) is 58.1 Å². The van der Waals surface area contributed by atoms with Gasteiger partial charge in [0.2, 0.25) is 11.8 Å².